The lowest BCUT2D eigenvalue weighted by molar-refractivity contribution is -0.146. The maximum atomic E-state index is 11.9. The smallest absolute Gasteiger partial charge is 0.307 e. The number of ether oxygens (including phenoxy) is 4. The summed E-state index contributed by atoms with van der Waals surface area (Å²) in [6, 6.07) is 0. The Bertz CT molecular complexity index is 645. The second-order valence-corrected chi connectivity index (χ2v) is 10.6. The molecule has 0 saturated carbocycles. The predicted molar refractivity (Wildman–Crippen MR) is 154 cm³/mol. The minimum Gasteiger partial charge on any atom is -0.466 e. The van der Waals surface area contributed by atoms with E-state index in [1.165, 1.54) is 0 Å². The molecule has 0 aliphatic heterocycles. The molecule has 11 heteroatoms. The van der Waals surface area contributed by atoms with Crippen molar-refractivity contribution in [2.75, 3.05) is 73.2 Å². The Kier molecular flexibility index (Phi) is 23.4. The first-order valence-corrected chi connectivity index (χ1v) is 14.7. The van der Waals surface area contributed by atoms with Crippen molar-refractivity contribution in [3.05, 3.63) is 0 Å². The Morgan fingerprint density at radius 3 is 1.60 bits per heavy atom. The molecule has 0 heterocycles. The SMILES string of the molecule is CC(C)OCCCC(=O)CCN(C)CCC(=O)OCCCCOC(=O)CCN(C)CCC(=O)NCCOC(C)C. The van der Waals surface area contributed by atoms with Gasteiger partial charge >= 0.3 is 11.9 Å². The second kappa shape index (κ2) is 24.7. The molecule has 1 N–H and O–H groups in total. The Morgan fingerprint density at radius 1 is 0.600 bits per heavy atom. The van der Waals surface area contributed by atoms with Crippen molar-refractivity contribution >= 4 is 23.6 Å². The number of amides is 1. The average molecular weight is 574 g/mol. The Balaban J connectivity index is 3.67. The molecule has 0 aliphatic carbocycles. The molecule has 0 bridgehead atoms. The van der Waals surface area contributed by atoms with Crippen molar-refractivity contribution in [3.63, 3.8) is 0 Å². The number of hydrogen-bond acceptors (Lipinski definition) is 10. The Hall–Kier alpha value is -2.08. The number of esters is 2. The lowest BCUT2D eigenvalue weighted by atomic mass is 10.1. The molecule has 0 aromatic heterocycles. The molecule has 0 rings (SSSR count). The molecule has 0 aromatic rings. The molecular weight excluding hydrogens is 518 g/mol. The monoisotopic (exact) mass is 573 g/mol. The van der Waals surface area contributed by atoms with Gasteiger partial charge in [-0.1, -0.05) is 0 Å². The van der Waals surface area contributed by atoms with Gasteiger partial charge in [-0.05, 0) is 61.1 Å². The molecule has 0 spiro atoms. The van der Waals surface area contributed by atoms with Gasteiger partial charge in [0.05, 0.1) is 44.9 Å². The fourth-order valence-corrected chi connectivity index (χ4v) is 3.40. The number of carbonyl (C=O) groups excluding carboxylic acids is 4. The van der Waals surface area contributed by atoms with E-state index < -0.39 is 0 Å². The molecule has 11 nitrogen and oxygen atoms in total. The van der Waals surface area contributed by atoms with Crippen LogP contribution in [0.5, 0.6) is 0 Å². The summed E-state index contributed by atoms with van der Waals surface area (Å²) in [5.74, 6) is -0.398. The summed E-state index contributed by atoms with van der Waals surface area (Å²) in [6.07, 6.45) is 4.15. The van der Waals surface area contributed by atoms with E-state index in [0.717, 1.165) is 6.42 Å². The van der Waals surface area contributed by atoms with Gasteiger partial charge in [-0.25, -0.2) is 0 Å². The number of hydrogen-bond donors (Lipinski definition) is 1. The summed E-state index contributed by atoms with van der Waals surface area (Å²) in [7, 11) is 3.75. The summed E-state index contributed by atoms with van der Waals surface area (Å²) in [6.45, 7) is 12.2. The van der Waals surface area contributed by atoms with Crippen molar-refractivity contribution in [1.82, 2.24) is 15.1 Å². The second-order valence-electron chi connectivity index (χ2n) is 10.6. The molecule has 0 atom stereocenters. The molecule has 40 heavy (non-hydrogen) atoms. The molecule has 0 fully saturated rings. The van der Waals surface area contributed by atoms with E-state index in [9.17, 15) is 19.2 Å². The maximum Gasteiger partial charge on any atom is 0.307 e. The zero-order valence-electron chi connectivity index (χ0n) is 25.8. The van der Waals surface area contributed by atoms with Crippen molar-refractivity contribution in [3.8, 4) is 0 Å². The number of carbonyl (C=O) groups is 4. The first kappa shape index (κ1) is 37.9. The highest BCUT2D eigenvalue weighted by Gasteiger charge is 2.10. The van der Waals surface area contributed by atoms with E-state index in [1.54, 1.807) is 0 Å². The first-order chi connectivity index (χ1) is 19.0. The normalized spacial score (nSPS) is 11.4. The standard InChI is InChI=1S/C29H55N3O8/c1-24(2)37-22-9-10-26(33)11-16-31(5)18-13-28(35)39-20-7-8-21-40-29(36)14-19-32(6)17-12-27(34)30-15-23-38-25(3)4/h24-25H,7-23H2,1-6H3,(H,30,34). The molecule has 0 aliphatic rings. The first-order valence-electron chi connectivity index (χ1n) is 14.7. The highest BCUT2D eigenvalue weighted by atomic mass is 16.5. The van der Waals surface area contributed by atoms with Gasteiger partial charge in [0.2, 0.25) is 5.91 Å². The lowest BCUT2D eigenvalue weighted by Gasteiger charge is -2.16. The summed E-state index contributed by atoms with van der Waals surface area (Å²) >= 11 is 0. The average Bonchev–Trinajstić information content (AvgIpc) is 2.90. The van der Waals surface area contributed by atoms with Gasteiger partial charge in [-0.15, -0.1) is 0 Å². The molecule has 0 radical (unpaired) electrons. The van der Waals surface area contributed by atoms with Crippen molar-refractivity contribution in [1.29, 1.82) is 0 Å². The quantitative estimate of drug-likeness (QED) is 0.122. The van der Waals surface area contributed by atoms with Gasteiger partial charge < -0.3 is 34.1 Å². The molecule has 0 unspecified atom stereocenters. The van der Waals surface area contributed by atoms with Crippen LogP contribution < -0.4 is 5.32 Å². The van der Waals surface area contributed by atoms with Crippen LogP contribution in [-0.4, -0.2) is 119 Å². The number of unbranched alkanes of at least 4 members (excludes halogenated alkanes) is 1. The van der Waals surface area contributed by atoms with E-state index >= 15 is 0 Å². The summed E-state index contributed by atoms with van der Waals surface area (Å²) in [5.41, 5.74) is 0. The van der Waals surface area contributed by atoms with Crippen LogP contribution in [-0.2, 0) is 38.1 Å². The third-order valence-corrected chi connectivity index (χ3v) is 5.88. The third-order valence-electron chi connectivity index (χ3n) is 5.88. The minimum absolute atomic E-state index is 0.0412. The molecule has 0 saturated heterocycles. The van der Waals surface area contributed by atoms with Gasteiger partial charge in [-0.2, -0.15) is 0 Å². The van der Waals surface area contributed by atoms with Crippen LogP contribution in [0.15, 0.2) is 0 Å². The highest BCUT2D eigenvalue weighted by molar-refractivity contribution is 5.78. The predicted octanol–water partition coefficient (Wildman–Crippen LogP) is 2.59. The summed E-state index contributed by atoms with van der Waals surface area (Å²) < 4.78 is 21.3. The molecule has 234 valence electrons. The molecular formula is C29H55N3O8. The number of nitrogens with zero attached hydrogens (tertiary/aromatic N) is 2. The summed E-state index contributed by atoms with van der Waals surface area (Å²) in [5, 5.41) is 2.81. The van der Waals surface area contributed by atoms with Crippen molar-refractivity contribution in [2.45, 2.75) is 91.3 Å². The van der Waals surface area contributed by atoms with Gasteiger partial charge in [0.1, 0.15) is 5.78 Å². The van der Waals surface area contributed by atoms with Gasteiger partial charge in [0.15, 0.2) is 0 Å². The lowest BCUT2D eigenvalue weighted by Crippen LogP contribution is -2.32. The van der Waals surface area contributed by atoms with Crippen LogP contribution in [0, 0.1) is 0 Å². The number of Topliss-reactive ketones (excluding diaryl/α,β-unsaturated/α-hetero) is 1. The van der Waals surface area contributed by atoms with Crippen LogP contribution in [0.3, 0.4) is 0 Å². The van der Waals surface area contributed by atoms with Crippen LogP contribution in [0.1, 0.15) is 79.1 Å². The Labute approximate surface area is 241 Å². The van der Waals surface area contributed by atoms with Crippen LogP contribution in [0.25, 0.3) is 0 Å². The van der Waals surface area contributed by atoms with Crippen LogP contribution >= 0.6 is 0 Å². The van der Waals surface area contributed by atoms with Crippen molar-refractivity contribution in [2.24, 2.45) is 0 Å². The molecule has 1 amide bonds. The third kappa shape index (κ3) is 26.2. The summed E-state index contributed by atoms with van der Waals surface area (Å²) in [4.78, 5) is 51.5. The van der Waals surface area contributed by atoms with E-state index in [2.05, 4.69) is 5.32 Å². The van der Waals surface area contributed by atoms with E-state index in [-0.39, 0.29) is 61.9 Å². The fraction of sp³-hybridized carbons (Fsp3) is 0.862. The van der Waals surface area contributed by atoms with E-state index in [0.29, 0.717) is 78.0 Å². The van der Waals surface area contributed by atoms with Crippen LogP contribution in [0.4, 0.5) is 0 Å². The molecule has 0 aromatic carbocycles. The van der Waals surface area contributed by atoms with Gasteiger partial charge in [0.25, 0.3) is 0 Å². The largest absolute Gasteiger partial charge is 0.466 e. The number of rotatable bonds is 26. The number of nitrogens with one attached hydrogen (secondary N) is 1. The van der Waals surface area contributed by atoms with Gasteiger partial charge in [-0.3, -0.25) is 19.2 Å². The highest BCUT2D eigenvalue weighted by Crippen LogP contribution is 2.02. The zero-order chi connectivity index (χ0) is 30.2. The topological polar surface area (TPSA) is 124 Å². The van der Waals surface area contributed by atoms with Gasteiger partial charge in [0, 0.05) is 58.6 Å². The number of ketones is 1. The Morgan fingerprint density at radius 2 is 1.07 bits per heavy atom. The van der Waals surface area contributed by atoms with Crippen molar-refractivity contribution < 1.29 is 38.1 Å². The van der Waals surface area contributed by atoms with E-state index in [1.807, 2.05) is 51.6 Å². The minimum atomic E-state index is -0.287. The zero-order valence-corrected chi connectivity index (χ0v) is 25.8. The maximum absolute atomic E-state index is 11.9. The fourth-order valence-electron chi connectivity index (χ4n) is 3.40. The van der Waals surface area contributed by atoms with Crippen LogP contribution in [0.2, 0.25) is 0 Å². The van der Waals surface area contributed by atoms with E-state index in [4.69, 9.17) is 18.9 Å².